The van der Waals surface area contributed by atoms with E-state index in [1.54, 1.807) is 18.2 Å². The second kappa shape index (κ2) is 4.23. The van der Waals surface area contributed by atoms with E-state index < -0.39 is 0 Å². The van der Waals surface area contributed by atoms with Gasteiger partial charge in [-0.1, -0.05) is 11.6 Å². The van der Waals surface area contributed by atoms with Crippen LogP contribution in [-0.4, -0.2) is 6.61 Å². The van der Waals surface area contributed by atoms with Crippen LogP contribution in [0.2, 0.25) is 5.02 Å². The zero-order chi connectivity index (χ0) is 11.6. The van der Waals surface area contributed by atoms with Crippen LogP contribution >= 0.6 is 11.6 Å². The third kappa shape index (κ3) is 2.40. The van der Waals surface area contributed by atoms with Crippen molar-refractivity contribution >= 4 is 17.3 Å². The predicted octanol–water partition coefficient (Wildman–Crippen LogP) is 2.99. The second-order valence-electron chi connectivity index (χ2n) is 4.31. The molecule has 0 unspecified atom stereocenters. The molecule has 1 saturated carbocycles. The molecule has 0 amide bonds. The van der Waals surface area contributed by atoms with Gasteiger partial charge >= 0.3 is 0 Å². The summed E-state index contributed by atoms with van der Waals surface area (Å²) in [5.74, 6) is 0.639. The van der Waals surface area contributed by atoms with E-state index in [-0.39, 0.29) is 5.41 Å². The Bertz CT molecular complexity index is 435. The molecule has 0 spiro atoms. The molecule has 2 rings (SSSR count). The van der Waals surface area contributed by atoms with Gasteiger partial charge in [0, 0.05) is 17.5 Å². The number of benzene rings is 1. The van der Waals surface area contributed by atoms with E-state index in [0.717, 1.165) is 12.8 Å². The van der Waals surface area contributed by atoms with Crippen LogP contribution in [0.15, 0.2) is 18.2 Å². The number of hydrogen-bond donors (Lipinski definition) is 1. The van der Waals surface area contributed by atoms with Crippen molar-refractivity contribution in [2.75, 3.05) is 12.3 Å². The first kappa shape index (κ1) is 11.1. The van der Waals surface area contributed by atoms with Crippen LogP contribution in [0.25, 0.3) is 0 Å². The topological polar surface area (TPSA) is 59.0 Å². The lowest BCUT2D eigenvalue weighted by Crippen LogP contribution is -2.12. The lowest BCUT2D eigenvalue weighted by Gasteiger charge is -2.13. The van der Waals surface area contributed by atoms with Gasteiger partial charge in [-0.15, -0.1) is 0 Å². The highest BCUT2D eigenvalue weighted by Gasteiger charge is 2.43. The highest BCUT2D eigenvalue weighted by Crippen LogP contribution is 2.49. The predicted molar refractivity (Wildman–Crippen MR) is 63.3 cm³/mol. The molecule has 3 nitrogen and oxygen atoms in total. The van der Waals surface area contributed by atoms with Gasteiger partial charge in [0.1, 0.15) is 5.75 Å². The van der Waals surface area contributed by atoms with Gasteiger partial charge in [0.15, 0.2) is 0 Å². The number of anilines is 1. The maximum Gasteiger partial charge on any atom is 0.138 e. The number of rotatable bonds is 4. The number of hydrogen-bond acceptors (Lipinski definition) is 3. The molecule has 1 aromatic rings. The molecule has 4 heteroatoms. The molecule has 0 bridgehead atoms. The lowest BCUT2D eigenvalue weighted by molar-refractivity contribution is 0.237. The first-order valence-corrected chi connectivity index (χ1v) is 5.58. The van der Waals surface area contributed by atoms with Crippen molar-refractivity contribution in [3.05, 3.63) is 23.2 Å². The molecule has 0 aromatic heterocycles. The lowest BCUT2D eigenvalue weighted by atomic mass is 10.1. The Morgan fingerprint density at radius 2 is 2.25 bits per heavy atom. The Kier molecular flexibility index (Phi) is 2.93. The Morgan fingerprint density at radius 3 is 2.81 bits per heavy atom. The minimum absolute atomic E-state index is 0.0689. The third-order valence-electron chi connectivity index (χ3n) is 2.90. The van der Waals surface area contributed by atoms with Gasteiger partial charge in [-0.05, 0) is 31.0 Å². The molecular formula is C12H13ClN2O. The molecule has 0 atom stereocenters. The van der Waals surface area contributed by atoms with Gasteiger partial charge in [-0.2, -0.15) is 5.26 Å². The summed E-state index contributed by atoms with van der Waals surface area (Å²) in [6.07, 6.45) is 2.68. The van der Waals surface area contributed by atoms with Crippen molar-refractivity contribution in [2.45, 2.75) is 19.3 Å². The molecule has 0 aliphatic heterocycles. The van der Waals surface area contributed by atoms with Crippen LogP contribution in [0.4, 0.5) is 5.69 Å². The van der Waals surface area contributed by atoms with Crippen molar-refractivity contribution < 1.29 is 4.74 Å². The zero-order valence-electron chi connectivity index (χ0n) is 8.87. The fourth-order valence-corrected chi connectivity index (χ4v) is 1.83. The van der Waals surface area contributed by atoms with E-state index >= 15 is 0 Å². The molecule has 84 valence electrons. The van der Waals surface area contributed by atoms with Gasteiger partial charge in [-0.25, -0.2) is 0 Å². The number of nitriles is 1. The molecule has 2 N–H and O–H groups in total. The van der Waals surface area contributed by atoms with Crippen molar-refractivity contribution in [1.82, 2.24) is 0 Å². The van der Waals surface area contributed by atoms with Crippen LogP contribution < -0.4 is 10.5 Å². The average Bonchev–Trinajstić information content (AvgIpc) is 2.98. The van der Waals surface area contributed by atoms with Crippen LogP contribution in [0.5, 0.6) is 5.75 Å². The number of halogens is 1. The number of ether oxygens (including phenoxy) is 1. The Morgan fingerprint density at radius 1 is 1.50 bits per heavy atom. The minimum Gasteiger partial charge on any atom is -0.491 e. The standard InChI is InChI=1S/C12H13ClN2O/c13-10-7-9(15)1-2-11(10)16-8-12(3-4-12)5-6-14/h1-2,7H,3-5,8,15H2. The molecule has 0 radical (unpaired) electrons. The maximum atomic E-state index is 8.68. The van der Waals surface area contributed by atoms with Gasteiger partial charge in [-0.3, -0.25) is 0 Å². The average molecular weight is 237 g/mol. The summed E-state index contributed by atoms with van der Waals surface area (Å²) in [5.41, 5.74) is 6.28. The Hall–Kier alpha value is -1.40. The number of nitrogens with zero attached hydrogens (tertiary/aromatic N) is 1. The van der Waals surface area contributed by atoms with Crippen molar-refractivity contribution in [1.29, 1.82) is 5.26 Å². The fourth-order valence-electron chi connectivity index (χ4n) is 1.58. The maximum absolute atomic E-state index is 8.68. The second-order valence-corrected chi connectivity index (χ2v) is 4.72. The van der Waals surface area contributed by atoms with Crippen LogP contribution in [0.1, 0.15) is 19.3 Å². The summed E-state index contributed by atoms with van der Waals surface area (Å²) >= 11 is 5.99. The smallest absolute Gasteiger partial charge is 0.138 e. The molecule has 1 fully saturated rings. The van der Waals surface area contributed by atoms with Gasteiger partial charge in [0.25, 0.3) is 0 Å². The van der Waals surface area contributed by atoms with Crippen LogP contribution in [0, 0.1) is 16.7 Å². The molecule has 0 saturated heterocycles. The minimum atomic E-state index is 0.0689. The van der Waals surface area contributed by atoms with Gasteiger partial charge < -0.3 is 10.5 Å². The Labute approximate surface area is 99.8 Å². The van der Waals surface area contributed by atoms with Gasteiger partial charge in [0.2, 0.25) is 0 Å². The zero-order valence-corrected chi connectivity index (χ0v) is 9.63. The summed E-state index contributed by atoms with van der Waals surface area (Å²) < 4.78 is 5.63. The van der Waals surface area contributed by atoms with Crippen molar-refractivity contribution in [2.24, 2.45) is 5.41 Å². The van der Waals surface area contributed by atoms with E-state index in [1.807, 2.05) is 0 Å². The van der Waals surface area contributed by atoms with E-state index in [9.17, 15) is 0 Å². The molecule has 1 aromatic carbocycles. The van der Waals surface area contributed by atoms with Crippen molar-refractivity contribution in [3.8, 4) is 11.8 Å². The largest absolute Gasteiger partial charge is 0.491 e. The molecule has 1 aliphatic carbocycles. The van der Waals surface area contributed by atoms with Crippen LogP contribution in [-0.2, 0) is 0 Å². The van der Waals surface area contributed by atoms with Crippen molar-refractivity contribution in [3.63, 3.8) is 0 Å². The molecular weight excluding hydrogens is 224 g/mol. The Balaban J connectivity index is 1.98. The first-order chi connectivity index (χ1) is 7.65. The number of nitrogens with two attached hydrogens (primary N) is 1. The molecule has 0 heterocycles. The highest BCUT2D eigenvalue weighted by atomic mass is 35.5. The van der Waals surface area contributed by atoms with E-state index in [1.165, 1.54) is 0 Å². The summed E-state index contributed by atoms with van der Waals surface area (Å²) in [5, 5.41) is 9.20. The van der Waals surface area contributed by atoms with E-state index in [0.29, 0.717) is 29.5 Å². The third-order valence-corrected chi connectivity index (χ3v) is 3.20. The van der Waals surface area contributed by atoms with E-state index in [4.69, 9.17) is 27.3 Å². The van der Waals surface area contributed by atoms with Gasteiger partial charge in [0.05, 0.1) is 17.7 Å². The number of nitrogen functional groups attached to an aromatic ring is 1. The summed E-state index contributed by atoms with van der Waals surface area (Å²) in [4.78, 5) is 0. The first-order valence-electron chi connectivity index (χ1n) is 5.20. The highest BCUT2D eigenvalue weighted by molar-refractivity contribution is 6.32. The summed E-state index contributed by atoms with van der Waals surface area (Å²) in [6.45, 7) is 0.560. The monoisotopic (exact) mass is 236 g/mol. The molecule has 1 aliphatic rings. The summed E-state index contributed by atoms with van der Waals surface area (Å²) in [7, 11) is 0. The van der Waals surface area contributed by atoms with E-state index in [2.05, 4.69) is 6.07 Å². The summed E-state index contributed by atoms with van der Waals surface area (Å²) in [6, 6.07) is 7.38. The fraction of sp³-hybridized carbons (Fsp3) is 0.417. The normalized spacial score (nSPS) is 16.5. The quantitative estimate of drug-likeness (QED) is 0.818. The van der Waals surface area contributed by atoms with Crippen LogP contribution in [0.3, 0.4) is 0 Å². The SMILES string of the molecule is N#CCC1(COc2ccc(N)cc2Cl)CC1. The molecule has 16 heavy (non-hydrogen) atoms.